The summed E-state index contributed by atoms with van der Waals surface area (Å²) in [4.78, 5) is 69.4. The third kappa shape index (κ3) is 11.6. The van der Waals surface area contributed by atoms with E-state index in [-0.39, 0.29) is 41.9 Å². The standard InChI is InChI=1S/C49H48N4O7S5/c1-3-5-30-62-37-22-17-33(18-23-37)14-13-32-15-20-36(21-16-32)51-28-25-35-31-34(19-24-38(35)51)10-9-11-39-44(58)52(29-26-41(56)57)48(63-39)42-45(59)50(4-2)47(64-42)43-46(60)53(49(61)65-43)27-8-6-7-12-40(54)55/h1,9-11,13-24,31H,3-8,12,25-30H2,2H3,(H,54,55)(H,56,57)/b10-9?,14-13?,39-11?,47-43+,48-42+. The number of unbranched alkanes of at least 4 members (excludes halogenated alkanes) is 3. The predicted octanol–water partition coefficient (Wildman–Crippen LogP) is 8.47. The van der Waals surface area contributed by atoms with Crippen molar-refractivity contribution in [1.29, 1.82) is 0 Å². The maximum atomic E-state index is 14.0. The minimum Gasteiger partial charge on any atom is -0.481 e. The number of nitrogens with zero attached hydrogens (tertiary/aromatic N) is 4. The molecule has 1 fully saturated rings. The maximum absolute atomic E-state index is 14.0. The Morgan fingerprint density at radius 2 is 1.51 bits per heavy atom. The summed E-state index contributed by atoms with van der Waals surface area (Å²) in [5.41, 5.74) is 5.92. The van der Waals surface area contributed by atoms with Crippen molar-refractivity contribution in [1.82, 2.24) is 14.0 Å². The number of allylic oxidation sites excluding steroid dienone is 1. The number of thioether (sulfide) groups is 2. The summed E-state index contributed by atoms with van der Waals surface area (Å²) in [7, 11) is 0. The summed E-state index contributed by atoms with van der Waals surface area (Å²) in [5, 5.41) is 18.5. The normalized spacial score (nSPS) is 15.6. The maximum Gasteiger partial charge on any atom is 0.305 e. The second-order valence-electron chi connectivity index (χ2n) is 15.3. The van der Waals surface area contributed by atoms with E-state index in [1.807, 2.05) is 23.9 Å². The summed E-state index contributed by atoms with van der Waals surface area (Å²) >= 11 is 10.7. The minimum absolute atomic E-state index is 0.0545. The van der Waals surface area contributed by atoms with Gasteiger partial charge in [0.25, 0.3) is 17.0 Å². The van der Waals surface area contributed by atoms with E-state index in [9.17, 15) is 29.1 Å². The summed E-state index contributed by atoms with van der Waals surface area (Å²) in [6.45, 7) is 8.71. The molecule has 1 saturated heterocycles. The number of hydrogen-bond donors (Lipinski definition) is 2. The van der Waals surface area contributed by atoms with Gasteiger partial charge in [-0.1, -0.05) is 85.0 Å². The largest absolute Gasteiger partial charge is 0.481 e. The molecule has 0 aliphatic carbocycles. The van der Waals surface area contributed by atoms with Gasteiger partial charge < -0.3 is 15.1 Å². The average Bonchev–Trinajstić information content (AvgIpc) is 4.03. The van der Waals surface area contributed by atoms with Crippen LogP contribution in [0.25, 0.3) is 29.2 Å². The highest BCUT2D eigenvalue weighted by Crippen LogP contribution is 2.36. The zero-order valence-electron chi connectivity index (χ0n) is 35.8. The number of carboxylic acid groups (broad SMARTS) is 2. The molecule has 2 radical (unpaired) electrons. The van der Waals surface area contributed by atoms with E-state index in [2.05, 4.69) is 77.7 Å². The second-order valence-corrected chi connectivity index (χ2v) is 20.2. The van der Waals surface area contributed by atoms with Crippen LogP contribution in [-0.2, 0) is 33.9 Å². The Morgan fingerprint density at radius 1 is 0.800 bits per heavy atom. The lowest BCUT2D eigenvalue weighted by molar-refractivity contribution is -0.138. The van der Waals surface area contributed by atoms with Crippen molar-refractivity contribution >= 4 is 121 Å². The van der Waals surface area contributed by atoms with Gasteiger partial charge >= 0.3 is 11.9 Å². The molecule has 0 spiro atoms. The van der Waals surface area contributed by atoms with Crippen molar-refractivity contribution in [2.24, 2.45) is 0 Å². The van der Waals surface area contributed by atoms with E-state index in [0.717, 1.165) is 87.6 Å². The lowest BCUT2D eigenvalue weighted by Crippen LogP contribution is -2.32. The van der Waals surface area contributed by atoms with Crippen LogP contribution in [0.4, 0.5) is 11.4 Å². The first kappa shape index (κ1) is 47.7. The summed E-state index contributed by atoms with van der Waals surface area (Å²) < 4.78 is 4.51. The Hall–Kier alpha value is -5.26. The molecule has 11 nitrogen and oxygen atoms in total. The topological polar surface area (TPSA) is 142 Å². The van der Waals surface area contributed by atoms with E-state index in [1.165, 1.54) is 24.5 Å². The second kappa shape index (κ2) is 22.3. The number of aromatic nitrogens is 2. The van der Waals surface area contributed by atoms with Crippen LogP contribution in [0.1, 0.15) is 74.1 Å². The molecule has 0 atom stereocenters. The number of benzene rings is 3. The van der Waals surface area contributed by atoms with Crippen molar-refractivity contribution in [3.8, 4) is 0 Å². The van der Waals surface area contributed by atoms with Gasteiger partial charge in [-0.2, -0.15) is 0 Å². The van der Waals surface area contributed by atoms with Gasteiger partial charge in [-0.05, 0) is 116 Å². The van der Waals surface area contributed by atoms with E-state index in [4.69, 9.17) is 24.2 Å². The highest BCUT2D eigenvalue weighted by molar-refractivity contribution is 8.30. The molecule has 0 saturated carbocycles. The van der Waals surface area contributed by atoms with Crippen molar-refractivity contribution in [3.63, 3.8) is 0 Å². The van der Waals surface area contributed by atoms with Crippen molar-refractivity contribution in [2.45, 2.75) is 76.3 Å². The number of hydrogen-bond acceptors (Lipinski definition) is 11. The molecule has 7 rings (SSSR count). The lowest BCUT2D eigenvalue weighted by Gasteiger charge is -2.20. The quantitative estimate of drug-likeness (QED) is 0.0356. The molecular formula is C49H48N4O7S5. The van der Waals surface area contributed by atoms with E-state index < -0.39 is 17.5 Å². The molecular weight excluding hydrogens is 917 g/mol. The van der Waals surface area contributed by atoms with Crippen LogP contribution in [0.5, 0.6) is 0 Å². The Balaban J connectivity index is 1.11. The summed E-state index contributed by atoms with van der Waals surface area (Å²) in [6.07, 6.45) is 13.7. The number of carbonyl (C=O) groups excluding carboxylic acids is 1. The van der Waals surface area contributed by atoms with E-state index in [0.29, 0.717) is 55.3 Å². The predicted molar refractivity (Wildman–Crippen MR) is 270 cm³/mol. The van der Waals surface area contributed by atoms with Gasteiger partial charge in [-0.15, -0.1) is 34.4 Å². The molecule has 1 amide bonds. The number of aliphatic carboxylic acids is 2. The first-order chi connectivity index (χ1) is 31.4. The Morgan fingerprint density at radius 3 is 2.20 bits per heavy atom. The zero-order valence-corrected chi connectivity index (χ0v) is 39.9. The SMILES string of the molecule is [CH]CCCSc1ccc(C=Cc2ccc(N3CCc4cc(C=CC=c5s/c(=c6/s/c(=C7/SC(=S)N(CCCCCC(=O)O)C7=O)n(CC)c6=O)n(CCC(=O)O)c5=O)ccc43)cc2)cc1. The molecule has 2 N–H and O–H groups in total. The van der Waals surface area contributed by atoms with Gasteiger partial charge in [-0.25, -0.2) is 0 Å². The average molecular weight is 965 g/mol. The number of carbonyl (C=O) groups is 3. The van der Waals surface area contributed by atoms with Crippen LogP contribution in [0.2, 0.25) is 0 Å². The molecule has 2 aliphatic heterocycles. The van der Waals surface area contributed by atoms with Crippen molar-refractivity contribution in [3.05, 3.63) is 141 Å². The third-order valence-electron chi connectivity index (χ3n) is 10.9. The fourth-order valence-corrected chi connectivity index (χ4v) is 12.3. The van der Waals surface area contributed by atoms with Gasteiger partial charge in [0.1, 0.15) is 23.1 Å². The van der Waals surface area contributed by atoms with Gasteiger partial charge in [0.2, 0.25) is 0 Å². The molecule has 0 bridgehead atoms. The molecule has 0 unspecified atom stereocenters. The Labute approximate surface area is 398 Å². The van der Waals surface area contributed by atoms with Crippen molar-refractivity contribution in [2.75, 3.05) is 23.7 Å². The van der Waals surface area contributed by atoms with Crippen LogP contribution in [0.15, 0.2) is 87.3 Å². The zero-order chi connectivity index (χ0) is 46.0. The number of thiocarbonyl (C=S) groups is 1. The fraction of sp³-hybridized carbons (Fsp3) is 0.286. The number of thiazole rings is 2. The minimum atomic E-state index is -1.08. The van der Waals surface area contributed by atoms with Crippen LogP contribution < -0.4 is 25.2 Å². The van der Waals surface area contributed by atoms with Crippen LogP contribution in [0, 0.1) is 16.1 Å². The van der Waals surface area contributed by atoms with Crippen molar-refractivity contribution < 1.29 is 24.6 Å². The molecule has 4 heterocycles. The molecule has 16 heteroatoms. The summed E-state index contributed by atoms with van der Waals surface area (Å²) in [5.74, 6) is -1.25. The van der Waals surface area contributed by atoms with Crippen LogP contribution >= 0.6 is 58.4 Å². The van der Waals surface area contributed by atoms with Gasteiger partial charge in [0.05, 0.1) is 11.0 Å². The number of amides is 1. The third-order valence-corrected chi connectivity index (χ3v) is 16.0. The Bertz CT molecular complexity index is 3000. The molecule has 3 aromatic carbocycles. The van der Waals surface area contributed by atoms with Gasteiger partial charge in [-0.3, -0.25) is 38.0 Å². The van der Waals surface area contributed by atoms with Gasteiger partial charge in [0, 0.05) is 48.9 Å². The smallest absolute Gasteiger partial charge is 0.305 e. The number of fused-ring (bicyclic) bond motifs is 1. The highest BCUT2D eigenvalue weighted by atomic mass is 32.2. The molecule has 65 heavy (non-hydrogen) atoms. The molecule has 2 aromatic heterocycles. The summed E-state index contributed by atoms with van der Waals surface area (Å²) in [6, 6.07) is 23.4. The van der Waals surface area contributed by atoms with E-state index in [1.54, 1.807) is 19.1 Å². The fourth-order valence-electron chi connectivity index (χ4n) is 7.50. The van der Waals surface area contributed by atoms with Crippen LogP contribution in [-0.4, -0.2) is 65.3 Å². The molecule has 5 aromatic rings. The molecule has 336 valence electrons. The first-order valence-corrected chi connectivity index (χ1v) is 25.2. The number of carboxylic acids is 2. The number of anilines is 2. The highest BCUT2D eigenvalue weighted by Gasteiger charge is 2.34. The number of rotatable bonds is 19. The Kier molecular flexibility index (Phi) is 16.4. The van der Waals surface area contributed by atoms with Crippen LogP contribution in [0.3, 0.4) is 0 Å². The monoisotopic (exact) mass is 964 g/mol. The first-order valence-electron chi connectivity index (χ1n) is 21.4. The van der Waals surface area contributed by atoms with E-state index >= 15 is 0 Å². The molecule has 2 aliphatic rings. The van der Waals surface area contributed by atoms with Gasteiger partial charge in [0.15, 0.2) is 0 Å². The lowest BCUT2D eigenvalue weighted by atomic mass is 10.1.